The molecule has 2 aromatic carbocycles. The third kappa shape index (κ3) is 5.27. The molecule has 0 saturated carbocycles. The van der Waals surface area contributed by atoms with Crippen LogP contribution in [0.2, 0.25) is 5.02 Å². The van der Waals surface area contributed by atoms with Gasteiger partial charge in [0.2, 0.25) is 0 Å². The predicted molar refractivity (Wildman–Crippen MR) is 87.1 cm³/mol. The quantitative estimate of drug-likeness (QED) is 0.631. The predicted octanol–water partition coefficient (Wildman–Crippen LogP) is 3.92. The minimum atomic E-state index is -4.43. The van der Waals surface area contributed by atoms with Crippen molar-refractivity contribution < 1.29 is 18.0 Å². The maximum atomic E-state index is 12.6. The molecule has 0 saturated heterocycles. The summed E-state index contributed by atoms with van der Waals surface area (Å²) in [6.07, 6.45) is -3.05. The van der Waals surface area contributed by atoms with Crippen LogP contribution in [-0.2, 0) is 11.0 Å². The number of amides is 1. The zero-order chi connectivity index (χ0) is 17.6. The molecule has 1 amide bonds. The Balaban J connectivity index is 1.87. The summed E-state index contributed by atoms with van der Waals surface area (Å²) < 4.78 is 37.8. The first-order valence-electron chi connectivity index (χ1n) is 6.84. The summed E-state index contributed by atoms with van der Waals surface area (Å²) >= 11 is 5.92. The number of anilines is 1. The van der Waals surface area contributed by atoms with Gasteiger partial charge in [-0.3, -0.25) is 4.79 Å². The van der Waals surface area contributed by atoms with Crippen LogP contribution in [0.15, 0.2) is 53.6 Å². The van der Waals surface area contributed by atoms with E-state index in [-0.39, 0.29) is 12.2 Å². The van der Waals surface area contributed by atoms with E-state index in [9.17, 15) is 18.0 Å². The lowest BCUT2D eigenvalue weighted by atomic mass is 10.2. The monoisotopic (exact) mass is 355 g/mol. The minimum Gasteiger partial charge on any atom is -0.376 e. The Bertz CT molecular complexity index is 747. The van der Waals surface area contributed by atoms with Gasteiger partial charge in [-0.2, -0.15) is 18.3 Å². The zero-order valence-electron chi connectivity index (χ0n) is 12.3. The lowest BCUT2D eigenvalue weighted by molar-refractivity contribution is -0.137. The number of hydrogen-bond acceptors (Lipinski definition) is 3. The van der Waals surface area contributed by atoms with Gasteiger partial charge in [-0.05, 0) is 24.3 Å². The second-order valence-electron chi connectivity index (χ2n) is 4.75. The number of halogens is 4. The molecule has 2 N–H and O–H groups in total. The Morgan fingerprint density at radius 2 is 1.92 bits per heavy atom. The van der Waals surface area contributed by atoms with E-state index < -0.39 is 17.6 Å². The van der Waals surface area contributed by atoms with Crippen LogP contribution in [0.3, 0.4) is 0 Å². The molecule has 0 unspecified atom stereocenters. The van der Waals surface area contributed by atoms with Gasteiger partial charge in [0.15, 0.2) is 0 Å². The number of hydrogen-bond donors (Lipinski definition) is 2. The Morgan fingerprint density at radius 3 is 2.62 bits per heavy atom. The van der Waals surface area contributed by atoms with E-state index in [1.165, 1.54) is 18.3 Å². The lowest BCUT2D eigenvalue weighted by Crippen LogP contribution is -2.26. The van der Waals surface area contributed by atoms with E-state index in [0.717, 1.165) is 12.1 Å². The van der Waals surface area contributed by atoms with Crippen molar-refractivity contribution in [1.29, 1.82) is 0 Å². The number of nitrogens with one attached hydrogen (secondary N) is 2. The highest BCUT2D eigenvalue weighted by Gasteiger charge is 2.30. The molecule has 0 spiro atoms. The normalized spacial score (nSPS) is 11.5. The van der Waals surface area contributed by atoms with Crippen LogP contribution in [0.4, 0.5) is 18.9 Å². The SMILES string of the molecule is O=C(CNc1cccc(C(F)(F)F)c1)N/N=C\c1ccccc1Cl. The molecule has 0 aliphatic carbocycles. The Kier molecular flexibility index (Phi) is 5.81. The Hall–Kier alpha value is -2.54. The van der Waals surface area contributed by atoms with Crippen LogP contribution in [0.5, 0.6) is 0 Å². The van der Waals surface area contributed by atoms with Crippen molar-refractivity contribution in [2.75, 3.05) is 11.9 Å². The molecule has 4 nitrogen and oxygen atoms in total. The Morgan fingerprint density at radius 1 is 1.17 bits per heavy atom. The summed E-state index contributed by atoms with van der Waals surface area (Å²) in [4.78, 5) is 11.6. The highest BCUT2D eigenvalue weighted by molar-refractivity contribution is 6.33. The summed E-state index contributed by atoms with van der Waals surface area (Å²) in [5, 5.41) is 6.83. The standard InChI is InChI=1S/C16H13ClF3N3O/c17-14-7-2-1-4-11(14)9-22-23-15(24)10-21-13-6-3-5-12(8-13)16(18,19)20/h1-9,21H,10H2,(H,23,24)/b22-9-. The minimum absolute atomic E-state index is 0.190. The number of nitrogens with zero attached hydrogens (tertiary/aromatic N) is 1. The second-order valence-corrected chi connectivity index (χ2v) is 5.15. The van der Waals surface area contributed by atoms with Gasteiger partial charge in [-0.25, -0.2) is 5.43 Å². The highest BCUT2D eigenvalue weighted by Crippen LogP contribution is 2.30. The van der Waals surface area contributed by atoms with Gasteiger partial charge in [-0.1, -0.05) is 35.9 Å². The van der Waals surface area contributed by atoms with Gasteiger partial charge < -0.3 is 5.32 Å². The third-order valence-electron chi connectivity index (χ3n) is 2.94. The van der Waals surface area contributed by atoms with E-state index in [4.69, 9.17) is 11.6 Å². The average Bonchev–Trinajstić information content (AvgIpc) is 2.54. The number of alkyl halides is 3. The van der Waals surface area contributed by atoms with Gasteiger partial charge in [0.05, 0.1) is 18.3 Å². The first-order chi connectivity index (χ1) is 11.4. The first kappa shape index (κ1) is 17.8. The van der Waals surface area contributed by atoms with Gasteiger partial charge in [0.25, 0.3) is 5.91 Å². The molecule has 0 radical (unpaired) electrons. The fraction of sp³-hybridized carbons (Fsp3) is 0.125. The molecule has 2 rings (SSSR count). The number of rotatable bonds is 5. The fourth-order valence-electron chi connectivity index (χ4n) is 1.78. The number of hydrazone groups is 1. The lowest BCUT2D eigenvalue weighted by Gasteiger charge is -2.10. The first-order valence-corrected chi connectivity index (χ1v) is 7.21. The van der Waals surface area contributed by atoms with E-state index in [1.54, 1.807) is 24.3 Å². The van der Waals surface area contributed by atoms with Crippen molar-refractivity contribution in [3.05, 3.63) is 64.7 Å². The summed E-state index contributed by atoms with van der Waals surface area (Å²) in [6, 6.07) is 11.5. The molecular weight excluding hydrogens is 343 g/mol. The maximum absolute atomic E-state index is 12.6. The summed E-state index contributed by atoms with van der Waals surface area (Å²) in [5.74, 6) is -0.504. The van der Waals surface area contributed by atoms with E-state index >= 15 is 0 Å². The van der Waals surface area contributed by atoms with Crippen molar-refractivity contribution in [1.82, 2.24) is 5.43 Å². The summed E-state index contributed by atoms with van der Waals surface area (Å²) in [6.45, 7) is -0.221. The maximum Gasteiger partial charge on any atom is 0.416 e. The smallest absolute Gasteiger partial charge is 0.376 e. The molecule has 2 aromatic rings. The van der Waals surface area contributed by atoms with Gasteiger partial charge in [-0.15, -0.1) is 0 Å². The number of benzene rings is 2. The third-order valence-corrected chi connectivity index (χ3v) is 3.29. The van der Waals surface area contributed by atoms with E-state index in [2.05, 4.69) is 15.8 Å². The van der Waals surface area contributed by atoms with Gasteiger partial charge in [0.1, 0.15) is 0 Å². The zero-order valence-corrected chi connectivity index (χ0v) is 13.0. The van der Waals surface area contributed by atoms with Gasteiger partial charge in [0, 0.05) is 16.3 Å². The van der Waals surface area contributed by atoms with Crippen LogP contribution in [-0.4, -0.2) is 18.7 Å². The molecular formula is C16H13ClF3N3O. The van der Waals surface area contributed by atoms with E-state index in [1.807, 2.05) is 0 Å². The van der Waals surface area contributed by atoms with Crippen molar-refractivity contribution in [3.63, 3.8) is 0 Å². The van der Waals surface area contributed by atoms with E-state index in [0.29, 0.717) is 10.6 Å². The molecule has 8 heteroatoms. The van der Waals surface area contributed by atoms with Crippen molar-refractivity contribution in [2.24, 2.45) is 5.10 Å². The van der Waals surface area contributed by atoms with Crippen LogP contribution in [0.1, 0.15) is 11.1 Å². The van der Waals surface area contributed by atoms with Crippen LogP contribution in [0, 0.1) is 0 Å². The molecule has 0 aliphatic heterocycles. The Labute approximate surface area is 141 Å². The molecule has 0 heterocycles. The van der Waals surface area contributed by atoms with Crippen LogP contribution < -0.4 is 10.7 Å². The van der Waals surface area contributed by atoms with Crippen LogP contribution in [0.25, 0.3) is 0 Å². The summed E-state index contributed by atoms with van der Waals surface area (Å²) in [5.41, 5.74) is 2.29. The van der Waals surface area contributed by atoms with Gasteiger partial charge >= 0.3 is 6.18 Å². The molecule has 0 atom stereocenters. The van der Waals surface area contributed by atoms with Crippen molar-refractivity contribution >= 4 is 29.4 Å². The molecule has 0 fully saturated rings. The topological polar surface area (TPSA) is 53.5 Å². The fourth-order valence-corrected chi connectivity index (χ4v) is 1.97. The van der Waals surface area contributed by atoms with Crippen molar-refractivity contribution in [2.45, 2.75) is 6.18 Å². The molecule has 0 aliphatic rings. The summed E-state index contributed by atoms with van der Waals surface area (Å²) in [7, 11) is 0. The van der Waals surface area contributed by atoms with Crippen LogP contribution >= 0.6 is 11.6 Å². The highest BCUT2D eigenvalue weighted by atomic mass is 35.5. The molecule has 0 aromatic heterocycles. The number of carbonyl (C=O) groups is 1. The largest absolute Gasteiger partial charge is 0.416 e. The molecule has 0 bridgehead atoms. The average molecular weight is 356 g/mol. The number of carbonyl (C=O) groups excluding carboxylic acids is 1. The second kappa shape index (κ2) is 7.83. The molecule has 24 heavy (non-hydrogen) atoms. The molecule has 126 valence electrons. The van der Waals surface area contributed by atoms with Crippen molar-refractivity contribution in [3.8, 4) is 0 Å².